The van der Waals surface area contributed by atoms with Crippen molar-refractivity contribution in [2.24, 2.45) is 0 Å². The third kappa shape index (κ3) is 3.70. The Bertz CT molecular complexity index is 3100. The Kier molecular flexibility index (Phi) is 5.32. The molecule has 7 aromatic carbocycles. The Balaban J connectivity index is 1.32. The normalized spacial score (nSPS) is 12.1. The zero-order valence-corrected chi connectivity index (χ0v) is 26.2. The molecular weight excluding hydrogens is 601 g/mol. The van der Waals surface area contributed by atoms with E-state index < -0.39 is 0 Å². The summed E-state index contributed by atoms with van der Waals surface area (Å²) in [6.45, 7) is 0. The number of fused-ring (bicyclic) bond motifs is 11. The van der Waals surface area contributed by atoms with Crippen LogP contribution in [0.25, 0.3) is 99.3 Å². The summed E-state index contributed by atoms with van der Waals surface area (Å²) in [6.07, 6.45) is 0. The molecule has 0 saturated heterocycles. The maximum absolute atomic E-state index is 6.40. The van der Waals surface area contributed by atoms with Crippen LogP contribution >= 0.6 is 0 Å². The van der Waals surface area contributed by atoms with Crippen molar-refractivity contribution >= 4 is 76.5 Å². The SMILES string of the molecule is c1ccc(-c2nc(-n3c4ccccc4c4cc5c6c7c(ccc6n(-c6ccccc6)c5cc43)oc3ccccc37)nc3ccccc23)cc1. The van der Waals surface area contributed by atoms with Gasteiger partial charge in [-0.2, -0.15) is 0 Å². The smallest absolute Gasteiger partial charge is 0.235 e. The second kappa shape index (κ2) is 9.89. The molecule has 0 aliphatic rings. The number of furan rings is 1. The molecule has 0 saturated carbocycles. The minimum absolute atomic E-state index is 0.647. The van der Waals surface area contributed by atoms with Gasteiger partial charge in [-0.05, 0) is 54.6 Å². The molecule has 0 aliphatic carbocycles. The highest BCUT2D eigenvalue weighted by molar-refractivity contribution is 6.29. The molecule has 0 aliphatic heterocycles. The number of hydrogen-bond donors (Lipinski definition) is 0. The van der Waals surface area contributed by atoms with Gasteiger partial charge in [0.2, 0.25) is 5.95 Å². The lowest BCUT2D eigenvalue weighted by Gasteiger charge is -2.12. The van der Waals surface area contributed by atoms with E-state index >= 15 is 0 Å². The third-order valence-electron chi connectivity index (χ3n) is 9.92. The van der Waals surface area contributed by atoms with Crippen LogP contribution < -0.4 is 0 Å². The summed E-state index contributed by atoms with van der Waals surface area (Å²) in [5.41, 5.74) is 10.1. The van der Waals surface area contributed by atoms with Crippen LogP contribution in [0.4, 0.5) is 0 Å². The Hall–Kier alpha value is -6.72. The first kappa shape index (κ1) is 26.4. The largest absolute Gasteiger partial charge is 0.456 e. The van der Waals surface area contributed by atoms with Crippen molar-refractivity contribution in [1.82, 2.24) is 19.1 Å². The molecule has 11 rings (SSSR count). The van der Waals surface area contributed by atoms with E-state index in [4.69, 9.17) is 14.4 Å². The molecule has 4 heterocycles. The molecule has 11 aromatic rings. The van der Waals surface area contributed by atoms with Gasteiger partial charge in [-0.15, -0.1) is 0 Å². The lowest BCUT2D eigenvalue weighted by atomic mass is 10.0. The van der Waals surface area contributed by atoms with E-state index in [-0.39, 0.29) is 0 Å². The van der Waals surface area contributed by atoms with Crippen molar-refractivity contribution in [1.29, 1.82) is 0 Å². The first-order chi connectivity index (χ1) is 24.3. The highest BCUT2D eigenvalue weighted by Gasteiger charge is 2.23. The number of hydrogen-bond acceptors (Lipinski definition) is 3. The van der Waals surface area contributed by atoms with Crippen molar-refractivity contribution in [3.05, 3.63) is 158 Å². The van der Waals surface area contributed by atoms with Gasteiger partial charge in [-0.1, -0.05) is 103 Å². The molecular formula is C44H26N4O. The molecule has 49 heavy (non-hydrogen) atoms. The van der Waals surface area contributed by atoms with Gasteiger partial charge in [0, 0.05) is 49.0 Å². The summed E-state index contributed by atoms with van der Waals surface area (Å²) in [5.74, 6) is 0.647. The Morgan fingerprint density at radius 2 is 1.10 bits per heavy atom. The zero-order valence-electron chi connectivity index (χ0n) is 26.2. The van der Waals surface area contributed by atoms with E-state index in [0.717, 1.165) is 82.6 Å². The number of rotatable bonds is 3. The summed E-state index contributed by atoms with van der Waals surface area (Å²) >= 11 is 0. The monoisotopic (exact) mass is 626 g/mol. The van der Waals surface area contributed by atoms with Gasteiger partial charge < -0.3 is 8.98 Å². The molecule has 0 radical (unpaired) electrons. The average Bonchev–Trinajstić information content (AvgIpc) is 3.81. The van der Waals surface area contributed by atoms with Crippen LogP contribution in [0, 0.1) is 0 Å². The molecule has 0 atom stereocenters. The molecule has 5 nitrogen and oxygen atoms in total. The third-order valence-corrected chi connectivity index (χ3v) is 9.92. The Morgan fingerprint density at radius 3 is 1.96 bits per heavy atom. The number of para-hydroxylation sites is 4. The maximum Gasteiger partial charge on any atom is 0.235 e. The molecule has 0 fully saturated rings. The summed E-state index contributed by atoms with van der Waals surface area (Å²) in [4.78, 5) is 10.5. The van der Waals surface area contributed by atoms with E-state index in [2.05, 4.69) is 149 Å². The highest BCUT2D eigenvalue weighted by Crippen LogP contribution is 2.44. The predicted octanol–water partition coefficient (Wildman–Crippen LogP) is 11.4. The van der Waals surface area contributed by atoms with Gasteiger partial charge in [0.25, 0.3) is 0 Å². The van der Waals surface area contributed by atoms with Crippen LogP contribution in [0.3, 0.4) is 0 Å². The quantitative estimate of drug-likeness (QED) is 0.196. The first-order valence-electron chi connectivity index (χ1n) is 16.5. The van der Waals surface area contributed by atoms with Gasteiger partial charge in [-0.25, -0.2) is 9.97 Å². The number of aromatic nitrogens is 4. The van der Waals surface area contributed by atoms with Gasteiger partial charge in [0.15, 0.2) is 0 Å². The molecule has 5 heteroatoms. The predicted molar refractivity (Wildman–Crippen MR) is 201 cm³/mol. The van der Waals surface area contributed by atoms with E-state index in [9.17, 15) is 0 Å². The summed E-state index contributed by atoms with van der Waals surface area (Å²) < 4.78 is 11.0. The van der Waals surface area contributed by atoms with Crippen molar-refractivity contribution < 1.29 is 4.42 Å². The topological polar surface area (TPSA) is 48.8 Å². The van der Waals surface area contributed by atoms with Crippen molar-refractivity contribution in [3.63, 3.8) is 0 Å². The minimum atomic E-state index is 0.647. The fourth-order valence-corrected chi connectivity index (χ4v) is 7.83. The van der Waals surface area contributed by atoms with Crippen LogP contribution in [-0.2, 0) is 0 Å². The van der Waals surface area contributed by atoms with E-state index in [1.807, 2.05) is 18.2 Å². The van der Waals surface area contributed by atoms with Crippen LogP contribution in [-0.4, -0.2) is 19.1 Å². The van der Waals surface area contributed by atoms with Gasteiger partial charge in [-0.3, -0.25) is 4.57 Å². The number of benzene rings is 7. The van der Waals surface area contributed by atoms with Gasteiger partial charge in [0.1, 0.15) is 11.2 Å². The fourth-order valence-electron chi connectivity index (χ4n) is 7.83. The Labute approximate surface area is 279 Å². The molecule has 0 spiro atoms. The van der Waals surface area contributed by atoms with Crippen LogP contribution in [0.2, 0.25) is 0 Å². The van der Waals surface area contributed by atoms with Crippen molar-refractivity contribution in [3.8, 4) is 22.9 Å². The van der Waals surface area contributed by atoms with Crippen molar-refractivity contribution in [2.45, 2.75) is 0 Å². The summed E-state index contributed by atoms with van der Waals surface area (Å²) in [6, 6.07) is 55.2. The fraction of sp³-hybridized carbons (Fsp3) is 0. The highest BCUT2D eigenvalue weighted by atomic mass is 16.3. The second-order valence-electron chi connectivity index (χ2n) is 12.6. The zero-order chi connectivity index (χ0) is 32.1. The van der Waals surface area contributed by atoms with Gasteiger partial charge in [0.05, 0.1) is 33.3 Å². The van der Waals surface area contributed by atoms with Gasteiger partial charge >= 0.3 is 0 Å². The Morgan fingerprint density at radius 1 is 0.408 bits per heavy atom. The molecule has 0 N–H and O–H groups in total. The summed E-state index contributed by atoms with van der Waals surface area (Å²) in [7, 11) is 0. The van der Waals surface area contributed by atoms with Crippen LogP contribution in [0.1, 0.15) is 0 Å². The van der Waals surface area contributed by atoms with Crippen LogP contribution in [0.15, 0.2) is 162 Å². The molecule has 228 valence electrons. The molecule has 0 bridgehead atoms. The lowest BCUT2D eigenvalue weighted by Crippen LogP contribution is -2.03. The summed E-state index contributed by atoms with van der Waals surface area (Å²) in [5, 5.41) is 7.96. The van der Waals surface area contributed by atoms with E-state index in [0.29, 0.717) is 5.95 Å². The maximum atomic E-state index is 6.40. The molecule has 4 aromatic heterocycles. The number of nitrogens with zero attached hydrogens (tertiary/aromatic N) is 4. The standard InChI is InChI=1S/C44H26N4O/c1-3-13-27(14-4-1)43-30-18-7-10-20-34(30)45-44(46-43)48-35-21-11-8-17-29(35)32-25-33-38(26-37(32)48)47(28-15-5-2-6-16-28)36-23-24-40-42(41(33)36)31-19-9-12-22-39(31)49-40/h1-26H. The van der Waals surface area contributed by atoms with Crippen molar-refractivity contribution in [2.75, 3.05) is 0 Å². The average molecular weight is 627 g/mol. The van der Waals surface area contributed by atoms with E-state index in [1.165, 1.54) is 10.8 Å². The van der Waals surface area contributed by atoms with Crippen LogP contribution in [0.5, 0.6) is 0 Å². The van der Waals surface area contributed by atoms with E-state index in [1.54, 1.807) is 0 Å². The molecule has 0 amide bonds. The lowest BCUT2D eigenvalue weighted by molar-refractivity contribution is 0.669. The minimum Gasteiger partial charge on any atom is -0.456 e. The molecule has 0 unspecified atom stereocenters. The first-order valence-corrected chi connectivity index (χ1v) is 16.5. The second-order valence-corrected chi connectivity index (χ2v) is 12.6.